The summed E-state index contributed by atoms with van der Waals surface area (Å²) >= 11 is 0. The van der Waals surface area contributed by atoms with Gasteiger partial charge < -0.3 is 9.64 Å². The van der Waals surface area contributed by atoms with Gasteiger partial charge in [-0.25, -0.2) is 13.2 Å². The predicted octanol–water partition coefficient (Wildman–Crippen LogP) is 2.52. The first kappa shape index (κ1) is 23.1. The van der Waals surface area contributed by atoms with Crippen LogP contribution in [0.25, 0.3) is 0 Å². The zero-order valence-corrected chi connectivity index (χ0v) is 17.7. The topological polar surface area (TPSA) is 84.0 Å². The van der Waals surface area contributed by atoms with Gasteiger partial charge in [0, 0.05) is 25.2 Å². The summed E-state index contributed by atoms with van der Waals surface area (Å²) in [5.41, 5.74) is 0.0941. The number of hydrogen-bond donors (Lipinski definition) is 0. The van der Waals surface area contributed by atoms with Gasteiger partial charge in [0.05, 0.1) is 10.5 Å². The molecule has 7 nitrogen and oxygen atoms in total. The van der Waals surface area contributed by atoms with Crippen LogP contribution in [0, 0.1) is 0 Å². The van der Waals surface area contributed by atoms with Crippen molar-refractivity contribution in [2.75, 3.05) is 19.7 Å². The summed E-state index contributed by atoms with van der Waals surface area (Å²) in [6, 6.07) is 5.65. The molecule has 0 atom stereocenters. The SMILES string of the molecule is CCN(CC)S(=O)(=O)c1cccc(C(=O)OCC(=O)N(C(C)C)C(C)C)c1. The van der Waals surface area contributed by atoms with E-state index in [1.165, 1.54) is 28.6 Å². The monoisotopic (exact) mass is 398 g/mol. The molecule has 8 heteroatoms. The van der Waals surface area contributed by atoms with E-state index >= 15 is 0 Å². The van der Waals surface area contributed by atoms with E-state index in [1.54, 1.807) is 18.7 Å². The lowest BCUT2D eigenvalue weighted by Gasteiger charge is -2.30. The molecule has 0 aliphatic heterocycles. The minimum absolute atomic E-state index is 0.0151. The first-order chi connectivity index (χ1) is 12.6. The molecule has 0 saturated heterocycles. The Morgan fingerprint density at radius 3 is 2.07 bits per heavy atom. The first-order valence-corrected chi connectivity index (χ1v) is 10.6. The fourth-order valence-electron chi connectivity index (χ4n) is 2.95. The van der Waals surface area contributed by atoms with Gasteiger partial charge in [0.25, 0.3) is 5.91 Å². The number of esters is 1. The highest BCUT2D eigenvalue weighted by Gasteiger charge is 2.24. The molecular formula is C19H30N2O5S. The van der Waals surface area contributed by atoms with Gasteiger partial charge in [-0.2, -0.15) is 4.31 Å². The van der Waals surface area contributed by atoms with Gasteiger partial charge in [0.2, 0.25) is 10.0 Å². The predicted molar refractivity (Wildman–Crippen MR) is 104 cm³/mol. The van der Waals surface area contributed by atoms with Crippen molar-refractivity contribution in [1.82, 2.24) is 9.21 Å². The number of ether oxygens (including phenoxy) is 1. The highest BCUT2D eigenvalue weighted by molar-refractivity contribution is 7.89. The van der Waals surface area contributed by atoms with Gasteiger partial charge in [-0.1, -0.05) is 19.9 Å². The Morgan fingerprint density at radius 2 is 1.59 bits per heavy atom. The molecule has 0 unspecified atom stereocenters. The van der Waals surface area contributed by atoms with E-state index in [-0.39, 0.29) is 35.1 Å². The number of benzene rings is 1. The fraction of sp³-hybridized carbons (Fsp3) is 0.579. The minimum atomic E-state index is -3.67. The van der Waals surface area contributed by atoms with Crippen LogP contribution in [-0.4, -0.2) is 61.3 Å². The number of sulfonamides is 1. The number of hydrogen-bond acceptors (Lipinski definition) is 5. The average Bonchev–Trinajstić information content (AvgIpc) is 2.60. The highest BCUT2D eigenvalue weighted by Crippen LogP contribution is 2.17. The molecule has 0 aliphatic rings. The van der Waals surface area contributed by atoms with Crippen molar-refractivity contribution < 1.29 is 22.7 Å². The number of rotatable bonds is 9. The molecule has 1 amide bonds. The van der Waals surface area contributed by atoms with Gasteiger partial charge in [-0.15, -0.1) is 0 Å². The third-order valence-corrected chi connectivity index (χ3v) is 6.19. The second-order valence-electron chi connectivity index (χ2n) is 6.68. The van der Waals surface area contributed by atoms with Crippen molar-refractivity contribution in [3.8, 4) is 0 Å². The fourth-order valence-corrected chi connectivity index (χ4v) is 4.46. The number of carbonyl (C=O) groups excluding carboxylic acids is 2. The van der Waals surface area contributed by atoms with Crippen LogP contribution in [0.15, 0.2) is 29.2 Å². The molecule has 0 heterocycles. The zero-order valence-electron chi connectivity index (χ0n) is 16.9. The molecule has 152 valence electrons. The van der Waals surface area contributed by atoms with Crippen LogP contribution in [-0.2, 0) is 19.6 Å². The molecule has 1 aromatic rings. The molecule has 0 spiro atoms. The largest absolute Gasteiger partial charge is 0.452 e. The molecule has 0 aliphatic carbocycles. The van der Waals surface area contributed by atoms with E-state index in [4.69, 9.17) is 4.74 Å². The maximum Gasteiger partial charge on any atom is 0.338 e. The third-order valence-electron chi connectivity index (χ3n) is 4.14. The van der Waals surface area contributed by atoms with Crippen LogP contribution < -0.4 is 0 Å². The van der Waals surface area contributed by atoms with Gasteiger partial charge in [-0.05, 0) is 45.9 Å². The molecule has 0 radical (unpaired) electrons. The number of amides is 1. The van der Waals surface area contributed by atoms with Crippen LogP contribution >= 0.6 is 0 Å². The number of carbonyl (C=O) groups is 2. The standard InChI is InChI=1S/C19H30N2O5S/c1-7-20(8-2)27(24,25)17-11-9-10-16(12-17)19(23)26-13-18(22)21(14(3)4)15(5)6/h9-12,14-15H,7-8,13H2,1-6H3. The summed E-state index contributed by atoms with van der Waals surface area (Å²) in [4.78, 5) is 26.3. The molecule has 1 aromatic carbocycles. The lowest BCUT2D eigenvalue weighted by atomic mass is 10.2. The Labute approximate surface area is 162 Å². The second kappa shape index (κ2) is 9.85. The Hall–Kier alpha value is -1.93. The van der Waals surface area contributed by atoms with E-state index in [1.807, 2.05) is 27.7 Å². The van der Waals surface area contributed by atoms with Crippen LogP contribution in [0.5, 0.6) is 0 Å². The Morgan fingerprint density at radius 1 is 1.04 bits per heavy atom. The summed E-state index contributed by atoms with van der Waals surface area (Å²) in [7, 11) is -3.67. The van der Waals surface area contributed by atoms with Gasteiger partial charge in [0.1, 0.15) is 0 Å². The molecule has 0 bridgehead atoms. The summed E-state index contributed by atoms with van der Waals surface area (Å²) in [6.07, 6.45) is 0. The number of nitrogens with zero attached hydrogens (tertiary/aromatic N) is 2. The van der Waals surface area contributed by atoms with Crippen LogP contribution in [0.1, 0.15) is 51.9 Å². The molecule has 0 fully saturated rings. The van der Waals surface area contributed by atoms with Crippen molar-refractivity contribution in [2.24, 2.45) is 0 Å². The highest BCUT2D eigenvalue weighted by atomic mass is 32.2. The van der Waals surface area contributed by atoms with Crippen molar-refractivity contribution in [1.29, 1.82) is 0 Å². The normalized spacial score (nSPS) is 11.9. The molecule has 0 N–H and O–H groups in total. The summed E-state index contributed by atoms with van der Waals surface area (Å²) in [5.74, 6) is -1.02. The molecule has 0 aromatic heterocycles. The Balaban J connectivity index is 2.93. The van der Waals surface area contributed by atoms with Crippen LogP contribution in [0.2, 0.25) is 0 Å². The van der Waals surface area contributed by atoms with E-state index in [2.05, 4.69) is 0 Å². The third kappa shape index (κ3) is 5.77. The van der Waals surface area contributed by atoms with Crippen molar-refractivity contribution >= 4 is 21.9 Å². The minimum Gasteiger partial charge on any atom is -0.452 e. The van der Waals surface area contributed by atoms with Crippen molar-refractivity contribution in [3.05, 3.63) is 29.8 Å². The van der Waals surface area contributed by atoms with E-state index < -0.39 is 16.0 Å². The van der Waals surface area contributed by atoms with Crippen LogP contribution in [0.3, 0.4) is 0 Å². The van der Waals surface area contributed by atoms with E-state index in [0.717, 1.165) is 0 Å². The van der Waals surface area contributed by atoms with Crippen LogP contribution in [0.4, 0.5) is 0 Å². The lowest BCUT2D eigenvalue weighted by molar-refractivity contribution is -0.138. The smallest absolute Gasteiger partial charge is 0.338 e. The summed E-state index contributed by atoms with van der Waals surface area (Å²) < 4.78 is 31.6. The zero-order chi connectivity index (χ0) is 20.8. The van der Waals surface area contributed by atoms with E-state index in [9.17, 15) is 18.0 Å². The average molecular weight is 399 g/mol. The van der Waals surface area contributed by atoms with Gasteiger partial charge >= 0.3 is 5.97 Å². The molecule has 27 heavy (non-hydrogen) atoms. The van der Waals surface area contributed by atoms with Gasteiger partial charge in [-0.3, -0.25) is 4.79 Å². The molecule has 1 rings (SSSR count). The second-order valence-corrected chi connectivity index (χ2v) is 8.62. The summed E-state index contributed by atoms with van der Waals surface area (Å²) in [5, 5.41) is 0. The lowest BCUT2D eigenvalue weighted by Crippen LogP contribution is -2.44. The van der Waals surface area contributed by atoms with Crippen molar-refractivity contribution in [3.63, 3.8) is 0 Å². The Kier molecular flexibility index (Phi) is 8.43. The van der Waals surface area contributed by atoms with E-state index in [0.29, 0.717) is 13.1 Å². The summed E-state index contributed by atoms with van der Waals surface area (Å²) in [6.45, 7) is 11.3. The Bertz CT molecular complexity index is 747. The maximum atomic E-state index is 12.6. The maximum absolute atomic E-state index is 12.6. The molecule has 0 saturated carbocycles. The van der Waals surface area contributed by atoms with Gasteiger partial charge in [0.15, 0.2) is 6.61 Å². The first-order valence-electron chi connectivity index (χ1n) is 9.14. The molecular weight excluding hydrogens is 368 g/mol. The quantitative estimate of drug-likeness (QED) is 0.597. The van der Waals surface area contributed by atoms with Crippen molar-refractivity contribution in [2.45, 2.75) is 58.5 Å².